The Morgan fingerprint density at radius 1 is 1.04 bits per heavy atom. The second-order valence-electron chi connectivity index (χ2n) is 5.54. The minimum atomic E-state index is -0.520. The lowest BCUT2D eigenvalue weighted by atomic mass is 10.1. The summed E-state index contributed by atoms with van der Waals surface area (Å²) in [5.74, 6) is -0.476. The van der Waals surface area contributed by atoms with Crippen LogP contribution in [0.25, 0.3) is 0 Å². The van der Waals surface area contributed by atoms with Crippen LogP contribution in [0.15, 0.2) is 60.7 Å². The first kappa shape index (κ1) is 17.8. The van der Waals surface area contributed by atoms with Crippen LogP contribution in [0.3, 0.4) is 0 Å². The number of hydrogen-bond donors (Lipinski definition) is 2. The molecule has 0 atom stereocenters. The number of carbonyl (C=O) groups excluding carboxylic acids is 1. The molecule has 0 spiro atoms. The monoisotopic (exact) mass is 370 g/mol. The first-order valence-corrected chi connectivity index (χ1v) is 8.37. The van der Waals surface area contributed by atoms with E-state index in [0.717, 1.165) is 12.0 Å². The Labute approximate surface area is 155 Å². The molecule has 0 bridgehead atoms. The number of aromatic nitrogens is 2. The smallest absolute Gasteiger partial charge is 0.276 e. The van der Waals surface area contributed by atoms with E-state index in [4.69, 9.17) is 11.6 Å². The van der Waals surface area contributed by atoms with Crippen LogP contribution in [0.5, 0.6) is 0 Å². The van der Waals surface area contributed by atoms with Gasteiger partial charge in [0.1, 0.15) is 11.6 Å². The average Bonchev–Trinajstić information content (AvgIpc) is 2.64. The molecule has 1 aromatic heterocycles. The Morgan fingerprint density at radius 3 is 2.62 bits per heavy atom. The van der Waals surface area contributed by atoms with Gasteiger partial charge in [0.2, 0.25) is 0 Å². The Balaban J connectivity index is 1.54. The Bertz CT molecular complexity index is 902. The highest BCUT2D eigenvalue weighted by atomic mass is 35.5. The summed E-state index contributed by atoms with van der Waals surface area (Å²) in [4.78, 5) is 12.1. The zero-order valence-corrected chi connectivity index (χ0v) is 14.5. The van der Waals surface area contributed by atoms with Gasteiger partial charge in [-0.3, -0.25) is 4.79 Å². The molecule has 0 aliphatic carbocycles. The molecule has 2 aromatic carbocycles. The summed E-state index contributed by atoms with van der Waals surface area (Å²) >= 11 is 5.95. The zero-order chi connectivity index (χ0) is 18.4. The SMILES string of the molecule is O=C(Nc1ccccc1F)c1ccc(NCCc2cccc(Cl)c2)nn1. The van der Waals surface area contributed by atoms with E-state index in [1.807, 2.05) is 24.3 Å². The Hall–Kier alpha value is -2.99. The minimum absolute atomic E-state index is 0.100. The van der Waals surface area contributed by atoms with Crippen LogP contribution in [0.1, 0.15) is 16.1 Å². The van der Waals surface area contributed by atoms with Gasteiger partial charge in [-0.05, 0) is 48.4 Å². The number of amides is 1. The third-order valence-corrected chi connectivity index (χ3v) is 3.86. The van der Waals surface area contributed by atoms with Crippen molar-refractivity contribution in [2.75, 3.05) is 17.2 Å². The fourth-order valence-electron chi connectivity index (χ4n) is 2.32. The van der Waals surface area contributed by atoms with Crippen LogP contribution in [-0.2, 0) is 6.42 Å². The number of para-hydroxylation sites is 1. The molecule has 5 nitrogen and oxygen atoms in total. The quantitative estimate of drug-likeness (QED) is 0.683. The van der Waals surface area contributed by atoms with Crippen molar-refractivity contribution in [1.82, 2.24) is 10.2 Å². The van der Waals surface area contributed by atoms with Crippen molar-refractivity contribution in [3.8, 4) is 0 Å². The third-order valence-electron chi connectivity index (χ3n) is 3.63. The molecule has 0 aliphatic rings. The molecule has 2 N–H and O–H groups in total. The zero-order valence-electron chi connectivity index (χ0n) is 13.7. The van der Waals surface area contributed by atoms with Gasteiger partial charge in [-0.1, -0.05) is 35.9 Å². The summed E-state index contributed by atoms with van der Waals surface area (Å²) in [6.45, 7) is 0.649. The maximum Gasteiger partial charge on any atom is 0.276 e. The van der Waals surface area contributed by atoms with E-state index in [9.17, 15) is 9.18 Å². The van der Waals surface area contributed by atoms with E-state index < -0.39 is 11.7 Å². The highest BCUT2D eigenvalue weighted by molar-refractivity contribution is 6.30. The number of nitrogens with zero attached hydrogens (tertiary/aromatic N) is 2. The minimum Gasteiger partial charge on any atom is -0.368 e. The standard InChI is InChI=1S/C19H16ClFN4O/c20-14-5-3-4-13(12-14)10-11-22-18-9-8-17(24-25-18)19(26)23-16-7-2-1-6-15(16)21/h1-9,12H,10-11H2,(H,22,25)(H,23,26). The molecule has 0 unspecified atom stereocenters. The molecule has 0 radical (unpaired) electrons. The fourth-order valence-corrected chi connectivity index (χ4v) is 2.54. The fraction of sp³-hybridized carbons (Fsp3) is 0.105. The van der Waals surface area contributed by atoms with Gasteiger partial charge < -0.3 is 10.6 Å². The van der Waals surface area contributed by atoms with Crippen molar-refractivity contribution >= 4 is 29.0 Å². The Morgan fingerprint density at radius 2 is 1.88 bits per heavy atom. The van der Waals surface area contributed by atoms with Crippen LogP contribution in [-0.4, -0.2) is 22.6 Å². The predicted octanol–water partition coefficient (Wildman–Crippen LogP) is 4.18. The maximum atomic E-state index is 13.6. The van der Waals surface area contributed by atoms with Crippen molar-refractivity contribution in [2.24, 2.45) is 0 Å². The summed E-state index contributed by atoms with van der Waals surface area (Å²) in [7, 11) is 0. The maximum absolute atomic E-state index is 13.6. The number of halogens is 2. The molecule has 0 aliphatic heterocycles. The lowest BCUT2D eigenvalue weighted by molar-refractivity contribution is 0.102. The van der Waals surface area contributed by atoms with E-state index in [2.05, 4.69) is 20.8 Å². The summed E-state index contributed by atoms with van der Waals surface area (Å²) in [6, 6.07) is 16.8. The third kappa shape index (κ3) is 4.77. The molecule has 0 fully saturated rings. The van der Waals surface area contributed by atoms with Crippen LogP contribution >= 0.6 is 11.6 Å². The van der Waals surface area contributed by atoms with Crippen molar-refractivity contribution < 1.29 is 9.18 Å². The second kappa shape index (κ2) is 8.40. The molecule has 132 valence electrons. The number of carbonyl (C=O) groups is 1. The first-order valence-electron chi connectivity index (χ1n) is 8.00. The van der Waals surface area contributed by atoms with Gasteiger partial charge in [0.05, 0.1) is 5.69 Å². The van der Waals surface area contributed by atoms with Crippen molar-refractivity contribution in [3.63, 3.8) is 0 Å². The van der Waals surface area contributed by atoms with Crippen molar-refractivity contribution in [1.29, 1.82) is 0 Å². The summed E-state index contributed by atoms with van der Waals surface area (Å²) in [5, 5.41) is 14.1. The lowest BCUT2D eigenvalue weighted by Crippen LogP contribution is -2.16. The van der Waals surface area contributed by atoms with Gasteiger partial charge in [0, 0.05) is 11.6 Å². The van der Waals surface area contributed by atoms with Gasteiger partial charge in [0.15, 0.2) is 5.69 Å². The molecule has 1 heterocycles. The Kier molecular flexibility index (Phi) is 5.76. The average molecular weight is 371 g/mol. The molecule has 1 amide bonds. The molecular weight excluding hydrogens is 355 g/mol. The van der Waals surface area contributed by atoms with E-state index in [1.54, 1.807) is 18.2 Å². The van der Waals surface area contributed by atoms with Gasteiger partial charge in [-0.15, -0.1) is 10.2 Å². The molecular formula is C19H16ClFN4O. The van der Waals surface area contributed by atoms with Gasteiger partial charge in [-0.25, -0.2) is 4.39 Å². The number of benzene rings is 2. The molecule has 3 aromatic rings. The van der Waals surface area contributed by atoms with E-state index in [1.165, 1.54) is 18.2 Å². The number of anilines is 2. The molecule has 0 saturated heterocycles. The molecule has 7 heteroatoms. The highest BCUT2D eigenvalue weighted by Gasteiger charge is 2.11. The second-order valence-corrected chi connectivity index (χ2v) is 5.98. The largest absolute Gasteiger partial charge is 0.368 e. The van der Waals surface area contributed by atoms with Crippen LogP contribution in [0.2, 0.25) is 5.02 Å². The van der Waals surface area contributed by atoms with Gasteiger partial charge in [-0.2, -0.15) is 0 Å². The van der Waals surface area contributed by atoms with Gasteiger partial charge >= 0.3 is 0 Å². The molecule has 0 saturated carbocycles. The topological polar surface area (TPSA) is 66.9 Å². The molecule has 26 heavy (non-hydrogen) atoms. The van der Waals surface area contributed by atoms with Crippen LogP contribution in [0, 0.1) is 5.82 Å². The van der Waals surface area contributed by atoms with E-state index in [-0.39, 0.29) is 11.4 Å². The van der Waals surface area contributed by atoms with Crippen LogP contribution in [0.4, 0.5) is 15.9 Å². The normalized spacial score (nSPS) is 10.4. The summed E-state index contributed by atoms with van der Waals surface area (Å²) in [6.07, 6.45) is 0.776. The predicted molar refractivity (Wildman–Crippen MR) is 100 cm³/mol. The summed E-state index contributed by atoms with van der Waals surface area (Å²) in [5.41, 5.74) is 1.32. The first-order chi connectivity index (χ1) is 12.6. The van der Waals surface area contributed by atoms with E-state index in [0.29, 0.717) is 17.4 Å². The highest BCUT2D eigenvalue weighted by Crippen LogP contribution is 2.14. The summed E-state index contributed by atoms with van der Waals surface area (Å²) < 4.78 is 13.6. The van der Waals surface area contributed by atoms with Crippen molar-refractivity contribution in [3.05, 3.63) is 82.8 Å². The number of hydrogen-bond acceptors (Lipinski definition) is 4. The van der Waals surface area contributed by atoms with E-state index >= 15 is 0 Å². The lowest BCUT2D eigenvalue weighted by Gasteiger charge is -2.07. The molecule has 3 rings (SSSR count). The number of nitrogens with one attached hydrogen (secondary N) is 2. The van der Waals surface area contributed by atoms with Gasteiger partial charge in [0.25, 0.3) is 5.91 Å². The van der Waals surface area contributed by atoms with Crippen LogP contribution < -0.4 is 10.6 Å². The van der Waals surface area contributed by atoms with Crippen molar-refractivity contribution in [2.45, 2.75) is 6.42 Å². The number of rotatable bonds is 6.